The van der Waals surface area contributed by atoms with Gasteiger partial charge in [-0.15, -0.1) is 0 Å². The van der Waals surface area contributed by atoms with E-state index < -0.39 is 0 Å². The molecule has 2 aliphatic carbocycles. The SMILES string of the molecule is CCCCOC(=O)c1ccc(C2CCC([C@H]3CC[C@H](CCCC)CC3)CC2)cc1. The Bertz CT molecular complexity index is 589. The fraction of sp³-hybridized carbons (Fsp3) is 0.741. The van der Waals surface area contributed by atoms with Crippen LogP contribution in [0, 0.1) is 17.8 Å². The molecule has 0 unspecified atom stereocenters. The molecule has 0 saturated heterocycles. The zero-order valence-corrected chi connectivity index (χ0v) is 18.8. The van der Waals surface area contributed by atoms with E-state index >= 15 is 0 Å². The van der Waals surface area contributed by atoms with Gasteiger partial charge in [-0.25, -0.2) is 4.79 Å². The third-order valence-electron chi connectivity index (χ3n) is 7.64. The summed E-state index contributed by atoms with van der Waals surface area (Å²) in [5.41, 5.74) is 2.11. The van der Waals surface area contributed by atoms with Crippen LogP contribution in [-0.2, 0) is 4.74 Å². The van der Waals surface area contributed by atoms with Gasteiger partial charge in [-0.1, -0.05) is 64.5 Å². The summed E-state index contributed by atoms with van der Waals surface area (Å²) in [6.45, 7) is 4.95. The summed E-state index contributed by atoms with van der Waals surface area (Å²) >= 11 is 0. The molecule has 3 rings (SSSR count). The molecule has 0 radical (unpaired) electrons. The Balaban J connectivity index is 1.42. The molecule has 0 N–H and O–H groups in total. The molecule has 0 aliphatic heterocycles. The summed E-state index contributed by atoms with van der Waals surface area (Å²) in [7, 11) is 0. The van der Waals surface area contributed by atoms with Crippen molar-refractivity contribution in [2.45, 2.75) is 103 Å². The first kappa shape index (κ1) is 22.4. The molecular formula is C27H42O2. The molecule has 0 spiro atoms. The number of rotatable bonds is 9. The van der Waals surface area contributed by atoms with Gasteiger partial charge in [0.05, 0.1) is 12.2 Å². The first-order chi connectivity index (χ1) is 14.2. The first-order valence-corrected chi connectivity index (χ1v) is 12.5. The number of benzene rings is 1. The Morgan fingerprint density at radius 2 is 1.41 bits per heavy atom. The van der Waals surface area contributed by atoms with Gasteiger partial charge in [0, 0.05) is 0 Å². The maximum absolute atomic E-state index is 12.1. The first-order valence-electron chi connectivity index (χ1n) is 12.5. The predicted octanol–water partition coefficient (Wildman–Crippen LogP) is 7.91. The molecule has 1 aromatic carbocycles. The lowest BCUT2D eigenvalue weighted by atomic mass is 9.68. The zero-order chi connectivity index (χ0) is 20.5. The maximum Gasteiger partial charge on any atom is 0.338 e. The van der Waals surface area contributed by atoms with Gasteiger partial charge >= 0.3 is 5.97 Å². The van der Waals surface area contributed by atoms with Gasteiger partial charge in [-0.2, -0.15) is 0 Å². The smallest absolute Gasteiger partial charge is 0.338 e. The van der Waals surface area contributed by atoms with E-state index in [2.05, 4.69) is 26.0 Å². The van der Waals surface area contributed by atoms with Crippen LogP contribution in [0.5, 0.6) is 0 Å². The van der Waals surface area contributed by atoms with E-state index in [9.17, 15) is 4.79 Å². The van der Waals surface area contributed by atoms with E-state index in [1.165, 1.54) is 76.2 Å². The molecule has 0 heterocycles. The van der Waals surface area contributed by atoms with Crippen molar-refractivity contribution in [3.8, 4) is 0 Å². The van der Waals surface area contributed by atoms with E-state index in [1.807, 2.05) is 12.1 Å². The molecule has 2 aliphatic rings. The molecule has 0 atom stereocenters. The van der Waals surface area contributed by atoms with Crippen LogP contribution in [0.4, 0.5) is 0 Å². The Kier molecular flexibility index (Phi) is 9.08. The zero-order valence-electron chi connectivity index (χ0n) is 18.8. The minimum absolute atomic E-state index is 0.178. The van der Waals surface area contributed by atoms with Crippen molar-refractivity contribution in [1.29, 1.82) is 0 Å². The highest BCUT2D eigenvalue weighted by molar-refractivity contribution is 5.89. The summed E-state index contributed by atoms with van der Waals surface area (Å²) in [5, 5.41) is 0. The van der Waals surface area contributed by atoms with E-state index in [4.69, 9.17) is 4.74 Å². The van der Waals surface area contributed by atoms with Crippen LogP contribution in [0.3, 0.4) is 0 Å². The van der Waals surface area contributed by atoms with Crippen LogP contribution in [0.25, 0.3) is 0 Å². The average molecular weight is 399 g/mol. The Morgan fingerprint density at radius 1 is 0.828 bits per heavy atom. The van der Waals surface area contributed by atoms with Crippen LogP contribution in [0.1, 0.15) is 119 Å². The van der Waals surface area contributed by atoms with Crippen LogP contribution < -0.4 is 0 Å². The summed E-state index contributed by atoms with van der Waals surface area (Å²) < 4.78 is 5.33. The molecule has 29 heavy (non-hydrogen) atoms. The standard InChI is InChI=1S/C27H42O2/c1-3-5-7-21-8-10-22(11-9-21)23-12-14-24(15-13-23)25-16-18-26(19-17-25)27(28)29-20-6-4-2/h16-19,21-24H,3-15,20H2,1-2H3/t21-,22-,23?,24?. The number of esters is 1. The van der Waals surface area contributed by atoms with Gasteiger partial charge < -0.3 is 4.74 Å². The summed E-state index contributed by atoms with van der Waals surface area (Å²) in [6.07, 6.45) is 17.6. The lowest BCUT2D eigenvalue weighted by Crippen LogP contribution is -2.25. The highest BCUT2D eigenvalue weighted by atomic mass is 16.5. The third-order valence-corrected chi connectivity index (χ3v) is 7.64. The molecule has 2 saturated carbocycles. The van der Waals surface area contributed by atoms with Crippen molar-refractivity contribution in [3.05, 3.63) is 35.4 Å². The van der Waals surface area contributed by atoms with Crippen molar-refractivity contribution < 1.29 is 9.53 Å². The van der Waals surface area contributed by atoms with Gasteiger partial charge in [0.25, 0.3) is 0 Å². The molecule has 2 heteroatoms. The second kappa shape index (κ2) is 11.8. The highest BCUT2D eigenvalue weighted by Crippen LogP contribution is 2.44. The fourth-order valence-electron chi connectivity index (χ4n) is 5.65. The van der Waals surface area contributed by atoms with E-state index in [0.29, 0.717) is 18.1 Å². The largest absolute Gasteiger partial charge is 0.462 e. The highest BCUT2D eigenvalue weighted by Gasteiger charge is 2.31. The van der Waals surface area contributed by atoms with Gasteiger partial charge in [-0.05, 0) is 86.3 Å². The van der Waals surface area contributed by atoms with Crippen LogP contribution in [0.2, 0.25) is 0 Å². The number of unbranched alkanes of at least 4 members (excludes halogenated alkanes) is 2. The van der Waals surface area contributed by atoms with Crippen LogP contribution >= 0.6 is 0 Å². The van der Waals surface area contributed by atoms with Crippen LogP contribution in [0.15, 0.2) is 24.3 Å². The van der Waals surface area contributed by atoms with Crippen molar-refractivity contribution in [1.82, 2.24) is 0 Å². The van der Waals surface area contributed by atoms with Crippen molar-refractivity contribution in [2.24, 2.45) is 17.8 Å². The number of carbonyl (C=O) groups excluding carboxylic acids is 1. The van der Waals surface area contributed by atoms with Crippen molar-refractivity contribution in [3.63, 3.8) is 0 Å². The molecule has 2 fully saturated rings. The molecule has 0 amide bonds. The third kappa shape index (κ3) is 6.59. The normalized spacial score (nSPS) is 27.5. The summed E-state index contributed by atoms with van der Waals surface area (Å²) in [4.78, 5) is 12.1. The van der Waals surface area contributed by atoms with Crippen molar-refractivity contribution >= 4 is 5.97 Å². The number of hydrogen-bond donors (Lipinski definition) is 0. The second-order valence-corrected chi connectivity index (χ2v) is 9.65. The lowest BCUT2D eigenvalue weighted by molar-refractivity contribution is 0.0499. The second-order valence-electron chi connectivity index (χ2n) is 9.65. The van der Waals surface area contributed by atoms with Gasteiger partial charge in [-0.3, -0.25) is 0 Å². The molecule has 162 valence electrons. The molecule has 0 aromatic heterocycles. The van der Waals surface area contributed by atoms with E-state index in [1.54, 1.807) is 0 Å². The molecular weight excluding hydrogens is 356 g/mol. The fourth-order valence-corrected chi connectivity index (χ4v) is 5.65. The minimum atomic E-state index is -0.178. The number of hydrogen-bond acceptors (Lipinski definition) is 2. The van der Waals surface area contributed by atoms with Gasteiger partial charge in [0.15, 0.2) is 0 Å². The van der Waals surface area contributed by atoms with Gasteiger partial charge in [0.1, 0.15) is 0 Å². The number of carbonyl (C=O) groups is 1. The van der Waals surface area contributed by atoms with Crippen molar-refractivity contribution in [2.75, 3.05) is 6.61 Å². The maximum atomic E-state index is 12.1. The van der Waals surface area contributed by atoms with E-state index in [-0.39, 0.29) is 5.97 Å². The van der Waals surface area contributed by atoms with Crippen LogP contribution in [-0.4, -0.2) is 12.6 Å². The number of ether oxygens (including phenoxy) is 1. The quantitative estimate of drug-likeness (QED) is 0.312. The summed E-state index contributed by atoms with van der Waals surface area (Å²) in [6, 6.07) is 8.27. The minimum Gasteiger partial charge on any atom is -0.462 e. The van der Waals surface area contributed by atoms with Gasteiger partial charge in [0.2, 0.25) is 0 Å². The Hall–Kier alpha value is -1.31. The summed E-state index contributed by atoms with van der Waals surface area (Å²) in [5.74, 6) is 3.48. The molecule has 2 nitrogen and oxygen atoms in total. The Morgan fingerprint density at radius 3 is 2.00 bits per heavy atom. The lowest BCUT2D eigenvalue weighted by Gasteiger charge is -2.38. The topological polar surface area (TPSA) is 26.3 Å². The van der Waals surface area contributed by atoms with E-state index in [0.717, 1.165) is 30.6 Å². The average Bonchev–Trinajstić information content (AvgIpc) is 2.78. The predicted molar refractivity (Wildman–Crippen MR) is 121 cm³/mol. The molecule has 0 bridgehead atoms. The molecule has 1 aromatic rings. The monoisotopic (exact) mass is 398 g/mol. The Labute approximate surface area is 178 Å².